The van der Waals surface area contributed by atoms with Gasteiger partial charge >= 0.3 is 5.97 Å². The third-order valence-corrected chi connectivity index (χ3v) is 3.42. The van der Waals surface area contributed by atoms with E-state index in [4.69, 9.17) is 5.11 Å². The number of amides is 2. The van der Waals surface area contributed by atoms with Crippen LogP contribution < -0.4 is 10.6 Å². The standard InChI is InChI=1S/C16H20N4O4/c1-10(2)7-12(16(23)24)19-14(21)9-17-15(22)11-8-18-20-6-4-3-5-13(11)20/h3-6,8,10,12H,7,9H2,1-2H3,(H,17,22)(H,19,21)(H,23,24)/t12-/m0/s1. The predicted molar refractivity (Wildman–Crippen MR) is 86.5 cm³/mol. The van der Waals surface area contributed by atoms with Gasteiger partial charge in [0.15, 0.2) is 0 Å². The first-order valence-electron chi connectivity index (χ1n) is 7.61. The van der Waals surface area contributed by atoms with Crippen LogP contribution in [0.2, 0.25) is 0 Å². The third kappa shape index (κ3) is 4.31. The van der Waals surface area contributed by atoms with Crippen molar-refractivity contribution in [2.45, 2.75) is 26.3 Å². The Labute approximate surface area is 138 Å². The molecule has 8 heteroatoms. The maximum atomic E-state index is 12.2. The van der Waals surface area contributed by atoms with Crippen LogP contribution in [0, 0.1) is 5.92 Å². The largest absolute Gasteiger partial charge is 0.480 e. The van der Waals surface area contributed by atoms with Crippen LogP contribution in [0.3, 0.4) is 0 Å². The SMILES string of the molecule is CC(C)C[C@H](NC(=O)CNC(=O)c1cnn2ccccc12)C(=O)O. The fraction of sp³-hybridized carbons (Fsp3) is 0.375. The number of carboxylic acid groups (broad SMARTS) is 1. The number of rotatable bonds is 7. The number of carboxylic acids is 1. The van der Waals surface area contributed by atoms with Gasteiger partial charge < -0.3 is 15.7 Å². The van der Waals surface area contributed by atoms with Crippen LogP contribution in [-0.2, 0) is 9.59 Å². The van der Waals surface area contributed by atoms with Crippen LogP contribution in [0.1, 0.15) is 30.6 Å². The van der Waals surface area contributed by atoms with Crippen molar-refractivity contribution in [3.05, 3.63) is 36.2 Å². The molecule has 0 spiro atoms. The molecule has 8 nitrogen and oxygen atoms in total. The van der Waals surface area contributed by atoms with Crippen molar-refractivity contribution in [3.63, 3.8) is 0 Å². The van der Waals surface area contributed by atoms with Crippen molar-refractivity contribution in [3.8, 4) is 0 Å². The summed E-state index contributed by atoms with van der Waals surface area (Å²) in [6, 6.07) is 4.34. The molecular weight excluding hydrogens is 312 g/mol. The fourth-order valence-electron chi connectivity index (χ4n) is 2.30. The van der Waals surface area contributed by atoms with Gasteiger partial charge in [-0.05, 0) is 24.5 Å². The molecule has 2 aromatic rings. The Hall–Kier alpha value is -2.90. The molecule has 3 N–H and O–H groups in total. The highest BCUT2D eigenvalue weighted by atomic mass is 16.4. The monoisotopic (exact) mass is 332 g/mol. The normalized spacial score (nSPS) is 12.1. The van der Waals surface area contributed by atoms with Crippen molar-refractivity contribution in [2.75, 3.05) is 6.54 Å². The number of aromatic nitrogens is 2. The molecule has 0 aromatic carbocycles. The highest BCUT2D eigenvalue weighted by Gasteiger charge is 2.21. The minimum atomic E-state index is -1.09. The van der Waals surface area contributed by atoms with Gasteiger partial charge in [-0.25, -0.2) is 9.31 Å². The predicted octanol–water partition coefficient (Wildman–Crippen LogP) is 0.680. The molecule has 2 amide bonds. The molecule has 0 aliphatic heterocycles. The number of fused-ring (bicyclic) bond motifs is 1. The van der Waals surface area contributed by atoms with E-state index in [1.807, 2.05) is 13.8 Å². The molecule has 0 saturated heterocycles. The van der Waals surface area contributed by atoms with Crippen LogP contribution in [0.4, 0.5) is 0 Å². The minimum absolute atomic E-state index is 0.125. The fourth-order valence-corrected chi connectivity index (χ4v) is 2.30. The van der Waals surface area contributed by atoms with E-state index < -0.39 is 23.8 Å². The minimum Gasteiger partial charge on any atom is -0.480 e. The molecular formula is C16H20N4O4. The van der Waals surface area contributed by atoms with Gasteiger partial charge in [0.05, 0.1) is 23.8 Å². The molecule has 2 aromatic heterocycles. The molecule has 0 bridgehead atoms. The number of carbonyl (C=O) groups is 3. The van der Waals surface area contributed by atoms with E-state index in [0.717, 1.165) is 0 Å². The topological polar surface area (TPSA) is 113 Å². The summed E-state index contributed by atoms with van der Waals surface area (Å²) in [6.07, 6.45) is 3.45. The zero-order valence-corrected chi connectivity index (χ0v) is 13.5. The number of hydrogen-bond acceptors (Lipinski definition) is 4. The molecule has 0 fully saturated rings. The average molecular weight is 332 g/mol. The van der Waals surface area contributed by atoms with E-state index in [0.29, 0.717) is 17.5 Å². The molecule has 0 unspecified atom stereocenters. The second-order valence-electron chi connectivity index (χ2n) is 5.86. The van der Waals surface area contributed by atoms with Gasteiger partial charge in [0.1, 0.15) is 6.04 Å². The summed E-state index contributed by atoms with van der Waals surface area (Å²) in [6.45, 7) is 3.44. The zero-order chi connectivity index (χ0) is 17.7. The third-order valence-electron chi connectivity index (χ3n) is 3.42. The molecule has 24 heavy (non-hydrogen) atoms. The van der Waals surface area contributed by atoms with Gasteiger partial charge in [-0.15, -0.1) is 0 Å². The van der Waals surface area contributed by atoms with Crippen LogP contribution in [-0.4, -0.2) is 45.1 Å². The van der Waals surface area contributed by atoms with Crippen LogP contribution in [0.15, 0.2) is 30.6 Å². The lowest BCUT2D eigenvalue weighted by atomic mass is 10.0. The maximum Gasteiger partial charge on any atom is 0.326 e. The van der Waals surface area contributed by atoms with Crippen molar-refractivity contribution in [1.29, 1.82) is 0 Å². The Morgan fingerprint density at radius 1 is 1.29 bits per heavy atom. The van der Waals surface area contributed by atoms with E-state index in [2.05, 4.69) is 15.7 Å². The zero-order valence-electron chi connectivity index (χ0n) is 13.5. The summed E-state index contributed by atoms with van der Waals surface area (Å²) < 4.78 is 1.55. The van der Waals surface area contributed by atoms with E-state index in [-0.39, 0.29) is 12.5 Å². The molecule has 128 valence electrons. The Morgan fingerprint density at radius 2 is 2.04 bits per heavy atom. The number of aliphatic carboxylic acids is 1. The Balaban J connectivity index is 1.93. The summed E-state index contributed by atoms with van der Waals surface area (Å²) in [5, 5.41) is 18.0. The second-order valence-corrected chi connectivity index (χ2v) is 5.86. The maximum absolute atomic E-state index is 12.2. The van der Waals surface area contributed by atoms with E-state index in [9.17, 15) is 14.4 Å². The second kappa shape index (κ2) is 7.58. The number of carbonyl (C=O) groups excluding carboxylic acids is 2. The van der Waals surface area contributed by atoms with Gasteiger partial charge in [-0.2, -0.15) is 5.10 Å². The van der Waals surface area contributed by atoms with Gasteiger partial charge in [0, 0.05) is 6.20 Å². The lowest BCUT2D eigenvalue weighted by Gasteiger charge is -2.16. The molecule has 0 aliphatic rings. The van der Waals surface area contributed by atoms with Gasteiger partial charge in [0.2, 0.25) is 5.91 Å². The number of nitrogens with zero attached hydrogens (tertiary/aromatic N) is 2. The molecule has 0 saturated carbocycles. The molecule has 2 heterocycles. The quantitative estimate of drug-likeness (QED) is 0.690. The first-order valence-corrected chi connectivity index (χ1v) is 7.61. The van der Waals surface area contributed by atoms with Gasteiger partial charge in [-0.3, -0.25) is 9.59 Å². The smallest absolute Gasteiger partial charge is 0.326 e. The Bertz CT molecular complexity index is 753. The molecule has 2 rings (SSSR count). The Morgan fingerprint density at radius 3 is 2.71 bits per heavy atom. The first kappa shape index (κ1) is 17.5. The van der Waals surface area contributed by atoms with Gasteiger partial charge in [0.25, 0.3) is 5.91 Å². The lowest BCUT2D eigenvalue weighted by Crippen LogP contribution is -2.46. The molecule has 0 aliphatic carbocycles. The van der Waals surface area contributed by atoms with Crippen LogP contribution in [0.25, 0.3) is 5.52 Å². The van der Waals surface area contributed by atoms with E-state index in [1.165, 1.54) is 6.20 Å². The summed E-state index contributed by atoms with van der Waals surface area (Å²) in [5.74, 6) is -1.96. The van der Waals surface area contributed by atoms with Crippen LogP contribution in [0.5, 0.6) is 0 Å². The van der Waals surface area contributed by atoms with E-state index >= 15 is 0 Å². The summed E-state index contributed by atoms with van der Waals surface area (Å²) in [5.41, 5.74) is 0.971. The summed E-state index contributed by atoms with van der Waals surface area (Å²) in [4.78, 5) is 35.2. The number of nitrogens with one attached hydrogen (secondary N) is 2. The molecule has 0 radical (unpaired) electrons. The highest BCUT2D eigenvalue weighted by Crippen LogP contribution is 2.09. The number of hydrogen-bond donors (Lipinski definition) is 3. The average Bonchev–Trinajstić information content (AvgIpc) is 2.95. The summed E-state index contributed by atoms with van der Waals surface area (Å²) >= 11 is 0. The first-order chi connectivity index (χ1) is 11.4. The summed E-state index contributed by atoms with van der Waals surface area (Å²) in [7, 11) is 0. The van der Waals surface area contributed by atoms with E-state index in [1.54, 1.807) is 28.9 Å². The molecule has 1 atom stereocenters. The van der Waals surface area contributed by atoms with Crippen LogP contribution >= 0.6 is 0 Å². The highest BCUT2D eigenvalue weighted by molar-refractivity contribution is 6.02. The van der Waals surface area contributed by atoms with Crippen molar-refractivity contribution in [2.24, 2.45) is 5.92 Å². The lowest BCUT2D eigenvalue weighted by molar-refractivity contribution is -0.142. The van der Waals surface area contributed by atoms with Crippen molar-refractivity contribution in [1.82, 2.24) is 20.2 Å². The van der Waals surface area contributed by atoms with Crippen molar-refractivity contribution < 1.29 is 19.5 Å². The Kier molecular flexibility index (Phi) is 5.51. The number of pyridine rings is 1. The van der Waals surface area contributed by atoms with Crippen molar-refractivity contribution >= 4 is 23.3 Å². The van der Waals surface area contributed by atoms with Gasteiger partial charge in [-0.1, -0.05) is 19.9 Å².